The zero-order valence-electron chi connectivity index (χ0n) is 12.8. The normalized spacial score (nSPS) is 13.1. The van der Waals surface area contributed by atoms with E-state index in [0.29, 0.717) is 18.5 Å². The minimum atomic E-state index is 0.372. The van der Waals surface area contributed by atoms with Crippen molar-refractivity contribution in [2.45, 2.75) is 46.2 Å². The number of aromatic nitrogens is 3. The van der Waals surface area contributed by atoms with E-state index < -0.39 is 0 Å². The van der Waals surface area contributed by atoms with Crippen molar-refractivity contribution in [3.8, 4) is 0 Å². The van der Waals surface area contributed by atoms with E-state index in [1.54, 1.807) is 0 Å². The van der Waals surface area contributed by atoms with Crippen LogP contribution in [-0.2, 0) is 13.0 Å². The van der Waals surface area contributed by atoms with E-state index >= 15 is 0 Å². The van der Waals surface area contributed by atoms with Crippen molar-refractivity contribution >= 4 is 0 Å². The van der Waals surface area contributed by atoms with Crippen LogP contribution in [0.3, 0.4) is 0 Å². The fraction of sp³-hybridized carbons (Fsp3) is 0.600. The fourth-order valence-corrected chi connectivity index (χ4v) is 2.46. The second-order valence-corrected chi connectivity index (χ2v) is 5.48. The maximum absolute atomic E-state index is 5.20. The van der Waals surface area contributed by atoms with Gasteiger partial charge in [-0.05, 0) is 31.0 Å². The zero-order chi connectivity index (χ0) is 14.5. The van der Waals surface area contributed by atoms with Gasteiger partial charge in [-0.1, -0.05) is 25.9 Å². The molecule has 2 heterocycles. The Bertz CT molecular complexity index is 529. The number of nitrogens with one attached hydrogen (secondary N) is 1. The molecule has 0 aliphatic carbocycles. The van der Waals surface area contributed by atoms with Crippen LogP contribution in [0.2, 0.25) is 0 Å². The van der Waals surface area contributed by atoms with E-state index in [1.807, 2.05) is 7.05 Å². The van der Waals surface area contributed by atoms with Crippen molar-refractivity contribution in [3.05, 3.63) is 35.7 Å². The molecular formula is C15H24N4O. The van der Waals surface area contributed by atoms with Crippen molar-refractivity contribution in [3.63, 3.8) is 0 Å². The summed E-state index contributed by atoms with van der Waals surface area (Å²) in [4.78, 5) is 4.39. The molecule has 1 N–H and O–H groups in total. The molecule has 0 aliphatic rings. The van der Waals surface area contributed by atoms with Gasteiger partial charge in [-0.25, -0.2) is 0 Å². The third kappa shape index (κ3) is 3.48. The Morgan fingerprint density at radius 2 is 2.20 bits per heavy atom. The van der Waals surface area contributed by atoms with Crippen molar-refractivity contribution in [1.82, 2.24) is 20.0 Å². The van der Waals surface area contributed by atoms with Gasteiger partial charge < -0.3 is 14.4 Å². The van der Waals surface area contributed by atoms with Crippen LogP contribution >= 0.6 is 0 Å². The van der Waals surface area contributed by atoms with E-state index in [2.05, 4.69) is 59.3 Å². The zero-order valence-corrected chi connectivity index (χ0v) is 12.8. The first-order valence-corrected chi connectivity index (χ1v) is 7.28. The molecule has 0 fully saturated rings. The van der Waals surface area contributed by atoms with Crippen LogP contribution in [0.15, 0.2) is 23.0 Å². The van der Waals surface area contributed by atoms with Crippen LogP contribution in [0.4, 0.5) is 0 Å². The molecule has 5 heteroatoms. The highest BCUT2D eigenvalue weighted by Crippen LogP contribution is 2.21. The summed E-state index contributed by atoms with van der Waals surface area (Å²) in [7, 11) is 2.00. The standard InChI is InChI=1S/C15H24N4O/c1-5-6-14-17-13(18-20-14)10-19-8-7-12(9-19)15(16-4)11(2)3/h7-9,11,15-16H,5-6,10H2,1-4H3. The van der Waals surface area contributed by atoms with E-state index in [1.165, 1.54) is 5.56 Å². The molecule has 110 valence electrons. The maximum atomic E-state index is 5.20. The van der Waals surface area contributed by atoms with E-state index in [0.717, 1.165) is 24.6 Å². The third-order valence-corrected chi connectivity index (χ3v) is 3.41. The summed E-state index contributed by atoms with van der Waals surface area (Å²) >= 11 is 0. The number of rotatable bonds is 7. The van der Waals surface area contributed by atoms with Crippen molar-refractivity contribution in [2.75, 3.05) is 7.05 Å². The van der Waals surface area contributed by atoms with Gasteiger partial charge in [0.25, 0.3) is 0 Å². The summed E-state index contributed by atoms with van der Waals surface area (Å²) in [5.74, 6) is 2.02. The molecular weight excluding hydrogens is 252 g/mol. The summed E-state index contributed by atoms with van der Waals surface area (Å²) in [5, 5.41) is 7.37. The predicted molar refractivity (Wildman–Crippen MR) is 78.5 cm³/mol. The minimum Gasteiger partial charge on any atom is -0.346 e. The lowest BCUT2D eigenvalue weighted by Crippen LogP contribution is -2.21. The number of hydrogen-bond donors (Lipinski definition) is 1. The average molecular weight is 276 g/mol. The van der Waals surface area contributed by atoms with Gasteiger partial charge in [0, 0.05) is 24.9 Å². The van der Waals surface area contributed by atoms with Crippen LogP contribution in [0, 0.1) is 5.92 Å². The first kappa shape index (κ1) is 14.8. The van der Waals surface area contributed by atoms with Gasteiger partial charge in [0.2, 0.25) is 5.89 Å². The highest BCUT2D eigenvalue weighted by Gasteiger charge is 2.15. The second kappa shape index (κ2) is 6.70. The molecule has 20 heavy (non-hydrogen) atoms. The van der Waals surface area contributed by atoms with E-state index in [4.69, 9.17) is 4.52 Å². The molecule has 2 aromatic rings. The van der Waals surface area contributed by atoms with Crippen molar-refractivity contribution in [1.29, 1.82) is 0 Å². The van der Waals surface area contributed by atoms with Gasteiger partial charge in [-0.2, -0.15) is 4.98 Å². The largest absolute Gasteiger partial charge is 0.346 e. The van der Waals surface area contributed by atoms with E-state index in [-0.39, 0.29) is 0 Å². The molecule has 5 nitrogen and oxygen atoms in total. The Kier molecular flexibility index (Phi) is 4.95. The summed E-state index contributed by atoms with van der Waals surface area (Å²) in [5.41, 5.74) is 1.29. The lowest BCUT2D eigenvalue weighted by Gasteiger charge is -2.18. The van der Waals surface area contributed by atoms with Crippen LogP contribution in [0.1, 0.15) is 50.5 Å². The summed E-state index contributed by atoms with van der Waals surface area (Å²) in [6.07, 6.45) is 6.08. The maximum Gasteiger partial charge on any atom is 0.226 e. The molecule has 0 amide bonds. The SMILES string of the molecule is CCCc1nc(Cn2ccc(C(NC)C(C)C)c2)no1. The lowest BCUT2D eigenvalue weighted by atomic mass is 9.99. The molecule has 2 rings (SSSR count). The molecule has 0 bridgehead atoms. The predicted octanol–water partition coefficient (Wildman–Crippen LogP) is 2.79. The minimum absolute atomic E-state index is 0.372. The Balaban J connectivity index is 2.04. The van der Waals surface area contributed by atoms with Crippen LogP contribution < -0.4 is 5.32 Å². The Hall–Kier alpha value is -1.62. The molecule has 0 spiro atoms. The third-order valence-electron chi connectivity index (χ3n) is 3.41. The fourth-order valence-electron chi connectivity index (χ4n) is 2.46. The molecule has 0 radical (unpaired) electrons. The highest BCUT2D eigenvalue weighted by molar-refractivity contribution is 5.16. The highest BCUT2D eigenvalue weighted by atomic mass is 16.5. The van der Waals surface area contributed by atoms with Crippen LogP contribution in [-0.4, -0.2) is 21.8 Å². The van der Waals surface area contributed by atoms with Gasteiger partial charge in [0.15, 0.2) is 5.82 Å². The molecule has 0 aromatic carbocycles. The number of nitrogens with zero attached hydrogens (tertiary/aromatic N) is 3. The van der Waals surface area contributed by atoms with Crippen LogP contribution in [0.5, 0.6) is 0 Å². The van der Waals surface area contributed by atoms with Gasteiger partial charge in [-0.3, -0.25) is 0 Å². The van der Waals surface area contributed by atoms with Crippen molar-refractivity contribution in [2.24, 2.45) is 5.92 Å². The Morgan fingerprint density at radius 3 is 2.85 bits per heavy atom. The van der Waals surface area contributed by atoms with Gasteiger partial charge >= 0.3 is 0 Å². The average Bonchev–Trinajstić information content (AvgIpc) is 3.01. The molecule has 0 aliphatic heterocycles. The summed E-state index contributed by atoms with van der Waals surface area (Å²) in [6, 6.07) is 2.52. The van der Waals surface area contributed by atoms with E-state index in [9.17, 15) is 0 Å². The molecule has 0 saturated carbocycles. The Morgan fingerprint density at radius 1 is 1.40 bits per heavy atom. The van der Waals surface area contributed by atoms with Crippen molar-refractivity contribution < 1.29 is 4.52 Å². The molecule has 1 unspecified atom stereocenters. The number of aryl methyl sites for hydroxylation is 1. The smallest absolute Gasteiger partial charge is 0.226 e. The Labute approximate surface area is 120 Å². The topological polar surface area (TPSA) is 55.9 Å². The first-order valence-electron chi connectivity index (χ1n) is 7.28. The van der Waals surface area contributed by atoms with Gasteiger partial charge in [0.1, 0.15) is 0 Å². The molecule has 2 aromatic heterocycles. The molecule has 1 atom stereocenters. The quantitative estimate of drug-likeness (QED) is 0.845. The summed E-state index contributed by atoms with van der Waals surface area (Å²) in [6.45, 7) is 7.19. The van der Waals surface area contributed by atoms with Gasteiger partial charge in [-0.15, -0.1) is 0 Å². The van der Waals surface area contributed by atoms with Gasteiger partial charge in [0.05, 0.1) is 6.54 Å². The molecule has 0 saturated heterocycles. The second-order valence-electron chi connectivity index (χ2n) is 5.48. The van der Waals surface area contributed by atoms with Crippen LogP contribution in [0.25, 0.3) is 0 Å². The number of hydrogen-bond acceptors (Lipinski definition) is 4. The first-order chi connectivity index (χ1) is 9.63. The monoisotopic (exact) mass is 276 g/mol. The summed E-state index contributed by atoms with van der Waals surface area (Å²) < 4.78 is 7.30. The lowest BCUT2D eigenvalue weighted by molar-refractivity contribution is 0.371.